The summed E-state index contributed by atoms with van der Waals surface area (Å²) >= 11 is 2.06. The first kappa shape index (κ1) is 25.0. The van der Waals surface area contributed by atoms with Crippen LogP contribution in [0.3, 0.4) is 0 Å². The Morgan fingerprint density at radius 2 is 1.75 bits per heavy atom. The van der Waals surface area contributed by atoms with Crippen LogP contribution in [0.25, 0.3) is 6.08 Å². The van der Waals surface area contributed by atoms with Crippen LogP contribution in [0.2, 0.25) is 0 Å². The number of nitro benzene ring substituents is 1. The summed E-state index contributed by atoms with van der Waals surface area (Å²) in [7, 11) is 0. The summed E-state index contributed by atoms with van der Waals surface area (Å²) in [5, 5.41) is 13.2. The first-order valence-corrected chi connectivity index (χ1v) is 11.9. The predicted octanol–water partition coefficient (Wildman–Crippen LogP) is 5.06. The predicted molar refractivity (Wildman–Crippen MR) is 142 cm³/mol. The van der Waals surface area contributed by atoms with E-state index in [1.165, 1.54) is 18.2 Å². The van der Waals surface area contributed by atoms with E-state index in [9.17, 15) is 24.5 Å². The third-order valence-electron chi connectivity index (χ3n) is 5.35. The molecule has 1 aliphatic rings. The second-order valence-corrected chi connectivity index (χ2v) is 9.37. The molecule has 0 atom stereocenters. The molecule has 1 aliphatic heterocycles. The summed E-state index contributed by atoms with van der Waals surface area (Å²) < 4.78 is 6.51. The van der Waals surface area contributed by atoms with Gasteiger partial charge in [-0.05, 0) is 89.0 Å². The molecule has 0 aromatic heterocycles. The van der Waals surface area contributed by atoms with Crippen LogP contribution in [-0.4, -0.2) is 22.8 Å². The van der Waals surface area contributed by atoms with Crippen molar-refractivity contribution in [1.29, 1.82) is 0 Å². The lowest BCUT2D eigenvalue weighted by Crippen LogP contribution is -2.54. The van der Waals surface area contributed by atoms with E-state index < -0.39 is 22.8 Å². The van der Waals surface area contributed by atoms with E-state index >= 15 is 0 Å². The fourth-order valence-corrected chi connectivity index (χ4v) is 4.48. The number of barbiturate groups is 1. The highest BCUT2D eigenvalue weighted by atomic mass is 127. The largest absolute Gasteiger partial charge is 0.488 e. The number of hydrogen-bond donors (Lipinski definition) is 1. The number of halogens is 1. The van der Waals surface area contributed by atoms with E-state index in [1.807, 2.05) is 19.9 Å². The minimum Gasteiger partial charge on any atom is -0.488 e. The summed E-state index contributed by atoms with van der Waals surface area (Å²) in [5.41, 5.74) is 3.16. The summed E-state index contributed by atoms with van der Waals surface area (Å²) in [6.45, 7) is 3.84. The smallest absolute Gasteiger partial charge is 0.335 e. The molecule has 4 amide bonds. The molecule has 0 aliphatic carbocycles. The maximum absolute atomic E-state index is 13.2. The number of benzene rings is 3. The third kappa shape index (κ3) is 5.43. The van der Waals surface area contributed by atoms with E-state index in [-0.39, 0.29) is 17.9 Å². The number of nitrogens with zero attached hydrogens (tertiary/aromatic N) is 2. The van der Waals surface area contributed by atoms with Gasteiger partial charge < -0.3 is 4.74 Å². The number of non-ortho nitro benzene ring substituents is 1. The average Bonchev–Trinajstić information content (AvgIpc) is 2.80. The van der Waals surface area contributed by atoms with Gasteiger partial charge in [0.15, 0.2) is 0 Å². The zero-order valence-electron chi connectivity index (χ0n) is 19.3. The molecule has 0 radical (unpaired) electrons. The normalized spacial score (nSPS) is 14.7. The summed E-state index contributed by atoms with van der Waals surface area (Å²) in [6.07, 6.45) is 1.42. The SMILES string of the molecule is Cc1cc(C)cc(N2C(=O)NC(=O)/C(=C\c3ccc(OCc4cccc([N+](=O)[O-])c4)c(I)c3)C2=O)c1. The van der Waals surface area contributed by atoms with Gasteiger partial charge in [0.1, 0.15) is 17.9 Å². The van der Waals surface area contributed by atoms with Crippen LogP contribution in [0.1, 0.15) is 22.3 Å². The molecule has 10 heteroatoms. The van der Waals surface area contributed by atoms with Crippen LogP contribution in [0.5, 0.6) is 5.75 Å². The van der Waals surface area contributed by atoms with Crippen molar-refractivity contribution in [2.24, 2.45) is 0 Å². The van der Waals surface area contributed by atoms with Gasteiger partial charge in [0, 0.05) is 12.1 Å². The Bertz CT molecular complexity index is 1430. The zero-order chi connectivity index (χ0) is 26.0. The highest BCUT2D eigenvalue weighted by molar-refractivity contribution is 14.1. The van der Waals surface area contributed by atoms with Crippen LogP contribution in [0, 0.1) is 27.5 Å². The van der Waals surface area contributed by atoms with Gasteiger partial charge >= 0.3 is 6.03 Å². The summed E-state index contributed by atoms with van der Waals surface area (Å²) in [4.78, 5) is 49.6. The molecule has 1 saturated heterocycles. The van der Waals surface area contributed by atoms with E-state index in [0.29, 0.717) is 26.1 Å². The molecule has 4 rings (SSSR count). The number of amides is 4. The topological polar surface area (TPSA) is 119 Å². The van der Waals surface area contributed by atoms with E-state index in [4.69, 9.17) is 4.74 Å². The number of imide groups is 2. The number of ether oxygens (including phenoxy) is 1. The molecular weight excluding hydrogens is 577 g/mol. The van der Waals surface area contributed by atoms with Crippen LogP contribution in [-0.2, 0) is 16.2 Å². The molecule has 36 heavy (non-hydrogen) atoms. The second-order valence-electron chi connectivity index (χ2n) is 8.21. The first-order chi connectivity index (χ1) is 17.1. The monoisotopic (exact) mass is 597 g/mol. The number of nitrogens with one attached hydrogen (secondary N) is 1. The Balaban J connectivity index is 1.56. The number of aryl methyl sites for hydroxylation is 2. The van der Waals surface area contributed by atoms with Crippen LogP contribution < -0.4 is 15.0 Å². The Kier molecular flexibility index (Phi) is 7.15. The number of rotatable bonds is 6. The summed E-state index contributed by atoms with van der Waals surface area (Å²) in [5.74, 6) is -0.947. The minimum absolute atomic E-state index is 0.0171. The fourth-order valence-electron chi connectivity index (χ4n) is 3.78. The molecule has 9 nitrogen and oxygen atoms in total. The Labute approximate surface area is 220 Å². The number of carbonyl (C=O) groups is 3. The second kappa shape index (κ2) is 10.3. The van der Waals surface area contributed by atoms with Gasteiger partial charge in [-0.3, -0.25) is 25.0 Å². The summed E-state index contributed by atoms with van der Waals surface area (Å²) in [6, 6.07) is 15.8. The van der Waals surface area contributed by atoms with Crippen molar-refractivity contribution < 1.29 is 24.0 Å². The lowest BCUT2D eigenvalue weighted by atomic mass is 10.1. The van der Waals surface area contributed by atoms with Crippen molar-refractivity contribution in [2.45, 2.75) is 20.5 Å². The van der Waals surface area contributed by atoms with Crippen LogP contribution in [0.15, 0.2) is 66.2 Å². The van der Waals surface area contributed by atoms with Crippen molar-refractivity contribution in [2.75, 3.05) is 4.90 Å². The number of anilines is 1. The quantitative estimate of drug-likeness (QED) is 0.140. The Morgan fingerprint density at radius 1 is 1.03 bits per heavy atom. The molecule has 1 heterocycles. The molecule has 1 fully saturated rings. The molecular formula is C26H20IN3O6. The maximum Gasteiger partial charge on any atom is 0.335 e. The fraction of sp³-hybridized carbons (Fsp3) is 0.115. The molecule has 182 valence electrons. The molecule has 0 unspecified atom stereocenters. The van der Waals surface area contributed by atoms with Gasteiger partial charge in [0.25, 0.3) is 17.5 Å². The number of carbonyl (C=O) groups excluding carboxylic acids is 3. The van der Waals surface area contributed by atoms with Gasteiger partial charge in [-0.25, -0.2) is 9.69 Å². The first-order valence-electron chi connectivity index (χ1n) is 10.8. The van der Waals surface area contributed by atoms with E-state index in [2.05, 4.69) is 27.9 Å². The Hall–Kier alpha value is -4.06. The number of hydrogen-bond acceptors (Lipinski definition) is 6. The molecule has 0 bridgehead atoms. The van der Waals surface area contributed by atoms with Crippen LogP contribution in [0.4, 0.5) is 16.2 Å². The van der Waals surface area contributed by atoms with Gasteiger partial charge in [-0.15, -0.1) is 0 Å². The van der Waals surface area contributed by atoms with Crippen molar-refractivity contribution >= 4 is 57.9 Å². The Morgan fingerprint density at radius 3 is 2.42 bits per heavy atom. The standard InChI is InChI=1S/C26H20IN3O6/c1-15-8-16(2)10-20(9-15)29-25(32)21(24(31)28-26(29)33)12-17-6-7-23(22(27)13-17)36-14-18-4-3-5-19(11-18)30(34)35/h3-13H,14H2,1-2H3,(H,28,31,33)/b21-12+. The van der Waals surface area contributed by atoms with Gasteiger partial charge in [0.2, 0.25) is 0 Å². The number of nitro groups is 1. The third-order valence-corrected chi connectivity index (χ3v) is 6.19. The highest BCUT2D eigenvalue weighted by Gasteiger charge is 2.37. The van der Waals surface area contributed by atoms with Crippen LogP contribution >= 0.6 is 22.6 Å². The molecule has 3 aromatic carbocycles. The van der Waals surface area contributed by atoms with Crippen molar-refractivity contribution in [3.8, 4) is 5.75 Å². The van der Waals surface area contributed by atoms with E-state index in [0.717, 1.165) is 16.0 Å². The minimum atomic E-state index is -0.799. The molecule has 1 N–H and O–H groups in total. The van der Waals surface area contributed by atoms with Gasteiger partial charge in [-0.2, -0.15) is 0 Å². The lowest BCUT2D eigenvalue weighted by molar-refractivity contribution is -0.384. The van der Waals surface area contributed by atoms with Crippen molar-refractivity contribution in [3.05, 3.63) is 102 Å². The number of urea groups is 1. The molecule has 3 aromatic rings. The molecule has 0 spiro atoms. The highest BCUT2D eigenvalue weighted by Crippen LogP contribution is 2.27. The molecule has 0 saturated carbocycles. The van der Waals surface area contributed by atoms with Gasteiger partial charge in [-0.1, -0.05) is 24.3 Å². The zero-order valence-corrected chi connectivity index (χ0v) is 21.4. The average molecular weight is 597 g/mol. The van der Waals surface area contributed by atoms with Crippen molar-refractivity contribution in [3.63, 3.8) is 0 Å². The maximum atomic E-state index is 13.2. The van der Waals surface area contributed by atoms with Gasteiger partial charge in [0.05, 0.1) is 14.2 Å². The van der Waals surface area contributed by atoms with Crippen molar-refractivity contribution in [1.82, 2.24) is 5.32 Å². The van der Waals surface area contributed by atoms with E-state index in [1.54, 1.807) is 42.5 Å². The lowest BCUT2D eigenvalue weighted by Gasteiger charge is -2.27.